The number of pyridine rings is 1. The van der Waals surface area contributed by atoms with Gasteiger partial charge in [0.2, 0.25) is 6.54 Å². The van der Waals surface area contributed by atoms with Crippen molar-refractivity contribution in [1.29, 1.82) is 0 Å². The molecule has 3 aromatic rings. The summed E-state index contributed by atoms with van der Waals surface area (Å²) in [6.07, 6.45) is 5.40. The number of aromatic nitrogens is 1. The van der Waals surface area contributed by atoms with Crippen molar-refractivity contribution in [3.05, 3.63) is 78.6 Å². The van der Waals surface area contributed by atoms with E-state index in [1.54, 1.807) is 72.2 Å². The Morgan fingerprint density at radius 2 is 1.62 bits per heavy atom. The van der Waals surface area contributed by atoms with E-state index >= 15 is 0 Å². The summed E-state index contributed by atoms with van der Waals surface area (Å²) in [6, 6.07) is 18.2. The van der Waals surface area contributed by atoms with Crippen LogP contribution >= 0.6 is 11.8 Å². The van der Waals surface area contributed by atoms with E-state index in [-0.39, 0.29) is 18.4 Å². The van der Waals surface area contributed by atoms with Gasteiger partial charge in [-0.25, -0.2) is 0 Å². The van der Waals surface area contributed by atoms with Crippen LogP contribution in [-0.2, 0) is 11.3 Å². The van der Waals surface area contributed by atoms with E-state index in [1.165, 1.54) is 0 Å². The maximum absolute atomic E-state index is 12.5. The van der Waals surface area contributed by atoms with Gasteiger partial charge in [0.05, 0.1) is 7.11 Å². The van der Waals surface area contributed by atoms with Gasteiger partial charge in [0.15, 0.2) is 12.4 Å². The number of carbonyl (C=O) groups is 2. The third-order valence-electron chi connectivity index (χ3n) is 4.17. The molecule has 0 aliphatic carbocycles. The smallest absolute Gasteiger partial charge is 0.290 e. The third kappa shape index (κ3) is 5.83. The molecule has 0 unspecified atom stereocenters. The molecule has 0 bridgehead atoms. The Hall–Kier alpha value is -3.32. The third-order valence-corrected chi connectivity index (χ3v) is 4.91. The van der Waals surface area contributed by atoms with Crippen molar-refractivity contribution in [1.82, 2.24) is 0 Å². The molecule has 1 aromatic heterocycles. The number of ether oxygens (including phenoxy) is 1. The van der Waals surface area contributed by atoms with Crippen LogP contribution in [0.1, 0.15) is 10.4 Å². The average Bonchev–Trinajstić information content (AvgIpc) is 2.75. The highest BCUT2D eigenvalue weighted by Gasteiger charge is 2.14. The molecule has 29 heavy (non-hydrogen) atoms. The second-order valence-electron chi connectivity index (χ2n) is 6.22. The Balaban J connectivity index is 1.61. The Morgan fingerprint density at radius 3 is 2.28 bits per heavy atom. The first-order chi connectivity index (χ1) is 14.1. The zero-order valence-corrected chi connectivity index (χ0v) is 17.0. The number of amides is 2. The number of nitrogens with zero attached hydrogens (tertiary/aromatic N) is 1. The highest BCUT2D eigenvalue weighted by molar-refractivity contribution is 7.98. The lowest BCUT2D eigenvalue weighted by molar-refractivity contribution is -0.684. The first-order valence-electron chi connectivity index (χ1n) is 8.96. The van der Waals surface area contributed by atoms with Crippen LogP contribution in [0.2, 0.25) is 0 Å². The molecule has 0 fully saturated rings. The summed E-state index contributed by atoms with van der Waals surface area (Å²) in [6.45, 7) is 0.0928. The number of nitrogens with one attached hydrogen (secondary N) is 2. The quantitative estimate of drug-likeness (QED) is 0.463. The zero-order chi connectivity index (χ0) is 20.6. The molecule has 0 saturated heterocycles. The molecule has 0 radical (unpaired) electrons. The van der Waals surface area contributed by atoms with Gasteiger partial charge in [-0.05, 0) is 60.9 Å². The molecule has 6 nitrogen and oxygen atoms in total. The van der Waals surface area contributed by atoms with Crippen molar-refractivity contribution in [3.63, 3.8) is 0 Å². The number of hydrogen-bond acceptors (Lipinski definition) is 4. The molecule has 1 heterocycles. The Labute approximate surface area is 173 Å². The number of thioether (sulfide) groups is 1. The summed E-state index contributed by atoms with van der Waals surface area (Å²) < 4.78 is 6.77. The maximum atomic E-state index is 12.5. The fraction of sp³-hybridized carbons (Fsp3) is 0.136. The van der Waals surface area contributed by atoms with Gasteiger partial charge in [-0.1, -0.05) is 0 Å². The number of benzene rings is 2. The summed E-state index contributed by atoms with van der Waals surface area (Å²) in [5.74, 6) is 0.302. The lowest BCUT2D eigenvalue weighted by atomic mass is 10.2. The number of hydrogen-bond donors (Lipinski definition) is 2. The summed E-state index contributed by atoms with van der Waals surface area (Å²) in [7, 11) is 1.59. The molecule has 2 aromatic carbocycles. The molecule has 0 spiro atoms. The minimum Gasteiger partial charge on any atom is -0.497 e. The lowest BCUT2D eigenvalue weighted by Crippen LogP contribution is -2.40. The van der Waals surface area contributed by atoms with Crippen molar-refractivity contribution in [3.8, 4) is 5.75 Å². The summed E-state index contributed by atoms with van der Waals surface area (Å²) in [5.41, 5.74) is 1.87. The molecule has 0 aliphatic rings. The van der Waals surface area contributed by atoms with Crippen LogP contribution < -0.4 is 19.9 Å². The zero-order valence-electron chi connectivity index (χ0n) is 16.2. The second-order valence-corrected chi connectivity index (χ2v) is 7.10. The van der Waals surface area contributed by atoms with E-state index in [0.29, 0.717) is 11.3 Å². The SMILES string of the molecule is COc1ccc(NC(=O)C[n+]2cccc(C(=O)Nc3ccc(SC)cc3)c2)cc1. The van der Waals surface area contributed by atoms with Gasteiger partial charge in [0, 0.05) is 22.3 Å². The van der Waals surface area contributed by atoms with E-state index in [1.807, 2.05) is 30.5 Å². The van der Waals surface area contributed by atoms with Crippen LogP contribution in [0.5, 0.6) is 5.75 Å². The van der Waals surface area contributed by atoms with Crippen molar-refractivity contribution in [2.45, 2.75) is 11.4 Å². The minimum absolute atomic E-state index is 0.0928. The molecule has 0 saturated carbocycles. The molecule has 3 rings (SSSR count). The topological polar surface area (TPSA) is 71.3 Å². The van der Waals surface area contributed by atoms with Crippen LogP contribution in [0.4, 0.5) is 11.4 Å². The van der Waals surface area contributed by atoms with Gasteiger partial charge in [-0.2, -0.15) is 4.57 Å². The fourth-order valence-electron chi connectivity index (χ4n) is 2.67. The summed E-state index contributed by atoms with van der Waals surface area (Å²) in [5, 5.41) is 5.69. The van der Waals surface area contributed by atoms with E-state index in [0.717, 1.165) is 16.3 Å². The number of carbonyl (C=O) groups excluding carboxylic acids is 2. The first kappa shape index (κ1) is 20.4. The van der Waals surface area contributed by atoms with Crippen LogP contribution in [0, 0.1) is 0 Å². The summed E-state index contributed by atoms with van der Waals surface area (Å²) >= 11 is 1.64. The molecule has 148 valence electrons. The average molecular weight is 409 g/mol. The monoisotopic (exact) mass is 408 g/mol. The van der Waals surface area contributed by atoms with Gasteiger partial charge < -0.3 is 15.4 Å². The van der Waals surface area contributed by atoms with Gasteiger partial charge in [-0.3, -0.25) is 9.59 Å². The van der Waals surface area contributed by atoms with E-state index < -0.39 is 0 Å². The first-order valence-corrected chi connectivity index (χ1v) is 10.2. The van der Waals surface area contributed by atoms with Crippen LogP contribution in [0.25, 0.3) is 0 Å². The predicted octanol–water partition coefficient (Wildman–Crippen LogP) is 3.60. The number of anilines is 2. The van der Waals surface area contributed by atoms with Crippen molar-refractivity contribution in [2.75, 3.05) is 24.0 Å². The highest BCUT2D eigenvalue weighted by atomic mass is 32.2. The highest BCUT2D eigenvalue weighted by Crippen LogP contribution is 2.18. The van der Waals surface area contributed by atoms with Gasteiger partial charge in [-0.15, -0.1) is 11.8 Å². The standard InChI is InChI=1S/C22H21N3O3S/c1-28-19-9-5-17(6-10-19)23-21(26)15-25-13-3-4-16(14-25)22(27)24-18-7-11-20(29-2)12-8-18/h3-14H,15H2,1-2H3,(H-,23,24,26,27)/p+1. The lowest BCUT2D eigenvalue weighted by Gasteiger charge is -2.06. The predicted molar refractivity (Wildman–Crippen MR) is 114 cm³/mol. The normalized spacial score (nSPS) is 10.3. The summed E-state index contributed by atoms with van der Waals surface area (Å²) in [4.78, 5) is 25.9. The molecular weight excluding hydrogens is 386 g/mol. The fourth-order valence-corrected chi connectivity index (χ4v) is 3.08. The molecular formula is C22H22N3O3S+. The number of rotatable bonds is 7. The van der Waals surface area contributed by atoms with E-state index in [9.17, 15) is 9.59 Å². The largest absolute Gasteiger partial charge is 0.497 e. The van der Waals surface area contributed by atoms with Crippen molar-refractivity contribution >= 4 is 35.0 Å². The van der Waals surface area contributed by atoms with Crippen molar-refractivity contribution in [2.24, 2.45) is 0 Å². The van der Waals surface area contributed by atoms with Gasteiger partial charge >= 0.3 is 0 Å². The van der Waals surface area contributed by atoms with Gasteiger partial charge in [0.1, 0.15) is 11.3 Å². The second kappa shape index (κ2) is 9.75. The van der Waals surface area contributed by atoms with E-state index in [4.69, 9.17) is 4.74 Å². The molecule has 7 heteroatoms. The van der Waals surface area contributed by atoms with Crippen LogP contribution in [0.3, 0.4) is 0 Å². The molecule has 2 amide bonds. The van der Waals surface area contributed by atoms with E-state index in [2.05, 4.69) is 10.6 Å². The Kier molecular flexibility index (Phi) is 6.86. The number of methoxy groups -OCH3 is 1. The van der Waals surface area contributed by atoms with Crippen molar-refractivity contribution < 1.29 is 18.9 Å². The van der Waals surface area contributed by atoms with Crippen LogP contribution in [0.15, 0.2) is 78.0 Å². The molecule has 0 atom stereocenters. The van der Waals surface area contributed by atoms with Crippen LogP contribution in [-0.4, -0.2) is 25.2 Å². The Morgan fingerprint density at radius 1 is 0.966 bits per heavy atom. The van der Waals surface area contributed by atoms with Gasteiger partial charge in [0.25, 0.3) is 11.8 Å². The molecule has 0 aliphatic heterocycles. The Bertz CT molecular complexity index is 989. The minimum atomic E-state index is -0.230. The maximum Gasteiger partial charge on any atom is 0.290 e. The molecule has 2 N–H and O–H groups in total.